The Labute approximate surface area is 83.5 Å². The molecule has 0 saturated carbocycles. The fourth-order valence-corrected chi connectivity index (χ4v) is 1.74. The van der Waals surface area contributed by atoms with Crippen molar-refractivity contribution in [2.75, 3.05) is 19.6 Å². The van der Waals surface area contributed by atoms with E-state index in [1.165, 1.54) is 0 Å². The van der Waals surface area contributed by atoms with E-state index in [0.717, 1.165) is 12.1 Å². The van der Waals surface area contributed by atoms with Crippen LogP contribution in [0.25, 0.3) is 0 Å². The first kappa shape index (κ1) is 9.62. The number of hydrogen-bond donors (Lipinski definition) is 1. The van der Waals surface area contributed by atoms with Crippen molar-refractivity contribution in [3.8, 4) is 0 Å². The number of nitrogens with two attached hydrogens (primary N) is 1. The maximum absolute atomic E-state index is 12.5. The molecule has 1 saturated heterocycles. The van der Waals surface area contributed by atoms with E-state index in [0.29, 0.717) is 13.1 Å². The third kappa shape index (κ3) is 2.11. The van der Waals surface area contributed by atoms with Crippen molar-refractivity contribution < 1.29 is 4.39 Å². The van der Waals surface area contributed by atoms with Gasteiger partial charge in [-0.05, 0) is 5.56 Å². The summed E-state index contributed by atoms with van der Waals surface area (Å²) in [6.45, 7) is 1.84. The van der Waals surface area contributed by atoms with E-state index in [-0.39, 0.29) is 6.04 Å². The topological polar surface area (TPSA) is 29.3 Å². The minimum Gasteiger partial charge on any atom is -0.323 e. The molecule has 1 aromatic carbocycles. The van der Waals surface area contributed by atoms with Crippen LogP contribution in [0.3, 0.4) is 0 Å². The molecular weight excluding hydrogens is 179 g/mol. The second-order valence-corrected chi connectivity index (χ2v) is 3.83. The fraction of sp³-hybridized carbons (Fsp3) is 0.455. The molecule has 0 bridgehead atoms. The van der Waals surface area contributed by atoms with Gasteiger partial charge in [-0.15, -0.1) is 0 Å². The Hall–Kier alpha value is -0.930. The van der Waals surface area contributed by atoms with Crippen LogP contribution in [0.2, 0.25) is 0 Å². The highest BCUT2D eigenvalue weighted by Gasteiger charge is 2.27. The molecule has 1 aromatic rings. The van der Waals surface area contributed by atoms with Crippen LogP contribution in [0.1, 0.15) is 11.6 Å². The fourth-order valence-electron chi connectivity index (χ4n) is 1.74. The average molecular weight is 194 g/mol. The molecule has 2 rings (SSSR count). The predicted molar refractivity (Wildman–Crippen MR) is 54.7 cm³/mol. The van der Waals surface area contributed by atoms with Gasteiger partial charge in [0.1, 0.15) is 6.17 Å². The summed E-state index contributed by atoms with van der Waals surface area (Å²) in [5.74, 6) is 0. The molecule has 1 aliphatic heterocycles. The lowest BCUT2D eigenvalue weighted by Gasteiger charge is -2.36. The Morgan fingerprint density at radius 1 is 1.36 bits per heavy atom. The molecule has 2 N–H and O–H groups in total. The highest BCUT2D eigenvalue weighted by atomic mass is 19.1. The quantitative estimate of drug-likeness (QED) is 0.786. The van der Waals surface area contributed by atoms with Crippen LogP contribution in [0.15, 0.2) is 30.3 Å². The number of rotatable bonds is 3. The summed E-state index contributed by atoms with van der Waals surface area (Å²) in [6, 6.07) is 9.95. The number of likely N-dealkylation sites (tertiary alicyclic amines) is 1. The molecule has 0 unspecified atom stereocenters. The summed E-state index contributed by atoms with van der Waals surface area (Å²) in [6.07, 6.45) is -0.641. The Morgan fingerprint density at radius 3 is 2.57 bits per heavy atom. The largest absolute Gasteiger partial charge is 0.323 e. The van der Waals surface area contributed by atoms with E-state index in [1.54, 1.807) is 0 Å². The molecule has 0 spiro atoms. The molecule has 1 heterocycles. The van der Waals surface area contributed by atoms with E-state index < -0.39 is 6.17 Å². The standard InChI is InChI=1S/C11H15FN2/c12-10-6-14(7-10)8-11(13)9-4-2-1-3-5-9/h1-5,10-11H,6-8,13H2/t11-/m1/s1. The lowest BCUT2D eigenvalue weighted by molar-refractivity contribution is 0.0606. The first-order valence-corrected chi connectivity index (χ1v) is 4.92. The van der Waals surface area contributed by atoms with E-state index in [2.05, 4.69) is 0 Å². The Bertz CT molecular complexity index is 283. The first-order chi connectivity index (χ1) is 6.75. The van der Waals surface area contributed by atoms with Crippen molar-refractivity contribution in [3.05, 3.63) is 35.9 Å². The van der Waals surface area contributed by atoms with Gasteiger partial charge in [0.25, 0.3) is 0 Å². The van der Waals surface area contributed by atoms with Gasteiger partial charge in [-0.1, -0.05) is 30.3 Å². The minimum atomic E-state index is -0.641. The highest BCUT2D eigenvalue weighted by molar-refractivity contribution is 5.18. The predicted octanol–water partition coefficient (Wildman–Crippen LogP) is 1.34. The summed E-state index contributed by atoms with van der Waals surface area (Å²) >= 11 is 0. The lowest BCUT2D eigenvalue weighted by atomic mass is 10.1. The summed E-state index contributed by atoms with van der Waals surface area (Å²) < 4.78 is 12.5. The Morgan fingerprint density at radius 2 is 2.00 bits per heavy atom. The third-order valence-electron chi connectivity index (χ3n) is 2.60. The number of benzene rings is 1. The molecule has 0 aliphatic carbocycles. The van der Waals surface area contributed by atoms with Crippen molar-refractivity contribution in [2.45, 2.75) is 12.2 Å². The van der Waals surface area contributed by atoms with Gasteiger partial charge in [0, 0.05) is 25.7 Å². The van der Waals surface area contributed by atoms with Crippen molar-refractivity contribution in [1.29, 1.82) is 0 Å². The number of hydrogen-bond acceptors (Lipinski definition) is 2. The monoisotopic (exact) mass is 194 g/mol. The van der Waals surface area contributed by atoms with Crippen LogP contribution < -0.4 is 5.73 Å². The summed E-state index contributed by atoms with van der Waals surface area (Å²) in [7, 11) is 0. The molecule has 1 aliphatic rings. The van der Waals surface area contributed by atoms with E-state index in [9.17, 15) is 4.39 Å². The number of halogens is 1. The van der Waals surface area contributed by atoms with Gasteiger partial charge in [0.15, 0.2) is 0 Å². The van der Waals surface area contributed by atoms with Crippen molar-refractivity contribution >= 4 is 0 Å². The molecular formula is C11H15FN2. The lowest BCUT2D eigenvalue weighted by Crippen LogP contribution is -2.50. The van der Waals surface area contributed by atoms with Crippen molar-refractivity contribution in [1.82, 2.24) is 4.90 Å². The van der Waals surface area contributed by atoms with Gasteiger partial charge in [-0.3, -0.25) is 4.90 Å². The van der Waals surface area contributed by atoms with Crippen LogP contribution in [0.5, 0.6) is 0 Å². The zero-order valence-electron chi connectivity index (χ0n) is 8.07. The van der Waals surface area contributed by atoms with Gasteiger partial charge in [0.05, 0.1) is 0 Å². The SMILES string of the molecule is N[C@H](CN1CC(F)C1)c1ccccc1. The maximum atomic E-state index is 12.5. The minimum absolute atomic E-state index is 0.00343. The van der Waals surface area contributed by atoms with Crippen LogP contribution in [-0.4, -0.2) is 30.7 Å². The summed E-state index contributed by atoms with van der Waals surface area (Å²) in [4.78, 5) is 2.04. The van der Waals surface area contributed by atoms with Crippen LogP contribution in [0, 0.1) is 0 Å². The zero-order valence-corrected chi connectivity index (χ0v) is 8.07. The average Bonchev–Trinajstić information content (AvgIpc) is 2.17. The maximum Gasteiger partial charge on any atom is 0.125 e. The Balaban J connectivity index is 1.87. The van der Waals surface area contributed by atoms with E-state index in [1.807, 2.05) is 35.2 Å². The summed E-state index contributed by atoms with van der Waals surface area (Å²) in [5, 5.41) is 0. The third-order valence-corrected chi connectivity index (χ3v) is 2.60. The number of nitrogens with zero attached hydrogens (tertiary/aromatic N) is 1. The zero-order chi connectivity index (χ0) is 9.97. The highest BCUT2D eigenvalue weighted by Crippen LogP contribution is 2.16. The van der Waals surface area contributed by atoms with Gasteiger partial charge in [0.2, 0.25) is 0 Å². The molecule has 0 aromatic heterocycles. The molecule has 14 heavy (non-hydrogen) atoms. The van der Waals surface area contributed by atoms with Crippen molar-refractivity contribution in [3.63, 3.8) is 0 Å². The Kier molecular flexibility index (Phi) is 2.79. The van der Waals surface area contributed by atoms with Gasteiger partial charge < -0.3 is 5.73 Å². The molecule has 2 nitrogen and oxygen atoms in total. The van der Waals surface area contributed by atoms with Crippen LogP contribution in [-0.2, 0) is 0 Å². The van der Waals surface area contributed by atoms with Crippen LogP contribution in [0.4, 0.5) is 4.39 Å². The molecule has 0 amide bonds. The van der Waals surface area contributed by atoms with Crippen molar-refractivity contribution in [2.24, 2.45) is 5.73 Å². The number of alkyl halides is 1. The van der Waals surface area contributed by atoms with Crippen LogP contribution >= 0.6 is 0 Å². The van der Waals surface area contributed by atoms with E-state index >= 15 is 0 Å². The smallest absolute Gasteiger partial charge is 0.125 e. The van der Waals surface area contributed by atoms with Gasteiger partial charge >= 0.3 is 0 Å². The normalized spacial score (nSPS) is 20.4. The molecule has 3 heteroatoms. The van der Waals surface area contributed by atoms with E-state index in [4.69, 9.17) is 5.73 Å². The van der Waals surface area contributed by atoms with Gasteiger partial charge in [-0.25, -0.2) is 4.39 Å². The molecule has 1 fully saturated rings. The second-order valence-electron chi connectivity index (χ2n) is 3.83. The molecule has 76 valence electrons. The second kappa shape index (κ2) is 4.07. The molecule has 1 atom stereocenters. The molecule has 0 radical (unpaired) electrons. The van der Waals surface area contributed by atoms with Gasteiger partial charge in [-0.2, -0.15) is 0 Å². The summed E-state index contributed by atoms with van der Waals surface area (Å²) in [5.41, 5.74) is 7.11. The first-order valence-electron chi connectivity index (χ1n) is 4.92.